The number of hydrogen-bond acceptors (Lipinski definition) is 4. The molecule has 1 rings (SSSR count). The van der Waals surface area contributed by atoms with Gasteiger partial charge in [-0.05, 0) is 13.8 Å². The van der Waals surface area contributed by atoms with Crippen molar-refractivity contribution in [2.24, 2.45) is 0 Å². The van der Waals surface area contributed by atoms with Gasteiger partial charge in [0, 0.05) is 46.5 Å². The van der Waals surface area contributed by atoms with E-state index >= 15 is 0 Å². The van der Waals surface area contributed by atoms with Crippen LogP contribution in [0, 0.1) is 6.92 Å². The van der Waals surface area contributed by atoms with Crippen LogP contribution in [0.15, 0.2) is 5.38 Å². The van der Waals surface area contributed by atoms with Crippen LogP contribution in [0.4, 0.5) is 0 Å². The van der Waals surface area contributed by atoms with Crippen molar-refractivity contribution in [3.63, 3.8) is 0 Å². The summed E-state index contributed by atoms with van der Waals surface area (Å²) in [6.07, 6.45) is 1.73. The van der Waals surface area contributed by atoms with Crippen LogP contribution in [-0.2, 0) is 17.3 Å². The van der Waals surface area contributed by atoms with E-state index in [9.17, 15) is 4.21 Å². The molecule has 0 radical (unpaired) electrons. The maximum atomic E-state index is 10.9. The topological polar surface area (TPSA) is 42.0 Å². The summed E-state index contributed by atoms with van der Waals surface area (Å²) in [6, 6.07) is 0.282. The van der Waals surface area contributed by atoms with Crippen LogP contribution in [0.1, 0.15) is 17.6 Å². The number of aryl methyl sites for hydroxylation is 1. The SMILES string of the molecule is Cc1csc(CNC(C)CS(C)=O)n1. The Morgan fingerprint density at radius 2 is 2.43 bits per heavy atom. The molecule has 0 fully saturated rings. The Bertz CT molecular complexity index is 312. The normalized spacial score (nSPS) is 15.4. The number of hydrogen-bond donors (Lipinski definition) is 1. The first-order chi connectivity index (χ1) is 6.58. The molecule has 0 aliphatic carbocycles. The van der Waals surface area contributed by atoms with Crippen LogP contribution >= 0.6 is 11.3 Å². The predicted octanol–water partition coefficient (Wildman–Crippen LogP) is 1.31. The fourth-order valence-corrected chi connectivity index (χ4v) is 2.70. The van der Waals surface area contributed by atoms with Crippen LogP contribution in [0.5, 0.6) is 0 Å². The van der Waals surface area contributed by atoms with E-state index in [0.717, 1.165) is 17.2 Å². The van der Waals surface area contributed by atoms with E-state index in [-0.39, 0.29) is 6.04 Å². The van der Waals surface area contributed by atoms with Crippen LogP contribution in [0.3, 0.4) is 0 Å². The number of rotatable bonds is 5. The minimum Gasteiger partial charge on any atom is -0.307 e. The molecule has 0 amide bonds. The van der Waals surface area contributed by atoms with Gasteiger partial charge < -0.3 is 5.32 Å². The van der Waals surface area contributed by atoms with Gasteiger partial charge in [0.1, 0.15) is 5.01 Å². The zero-order chi connectivity index (χ0) is 10.6. The molecule has 14 heavy (non-hydrogen) atoms. The fourth-order valence-electron chi connectivity index (χ4n) is 1.16. The lowest BCUT2D eigenvalue weighted by atomic mass is 10.4. The Morgan fingerprint density at radius 3 is 2.93 bits per heavy atom. The second-order valence-corrected chi connectivity index (χ2v) is 5.83. The molecular formula is C9H16N2OS2. The maximum absolute atomic E-state index is 10.9. The number of nitrogens with zero attached hydrogens (tertiary/aromatic N) is 1. The highest BCUT2D eigenvalue weighted by molar-refractivity contribution is 7.84. The number of thiazole rings is 1. The summed E-state index contributed by atoms with van der Waals surface area (Å²) in [5.74, 6) is 0.699. The van der Waals surface area contributed by atoms with Gasteiger partial charge in [-0.25, -0.2) is 4.98 Å². The van der Waals surface area contributed by atoms with E-state index in [4.69, 9.17) is 0 Å². The summed E-state index contributed by atoms with van der Waals surface area (Å²) < 4.78 is 10.9. The molecule has 1 aromatic rings. The van der Waals surface area contributed by atoms with E-state index in [1.807, 2.05) is 19.2 Å². The average molecular weight is 232 g/mol. The standard InChI is InChI=1S/C9H16N2OS2/c1-7-5-13-9(11-7)4-10-8(2)6-14(3)12/h5,8,10H,4,6H2,1-3H3. The minimum atomic E-state index is -0.728. The lowest BCUT2D eigenvalue weighted by Gasteiger charge is -2.10. The first-order valence-corrected chi connectivity index (χ1v) is 7.13. The average Bonchev–Trinajstić information content (AvgIpc) is 2.47. The first-order valence-electron chi connectivity index (χ1n) is 4.52. The van der Waals surface area contributed by atoms with Crippen molar-refractivity contribution in [2.45, 2.75) is 26.4 Å². The highest BCUT2D eigenvalue weighted by atomic mass is 32.2. The molecule has 1 aromatic heterocycles. The quantitative estimate of drug-likeness (QED) is 0.832. The van der Waals surface area contributed by atoms with Gasteiger partial charge in [0.25, 0.3) is 0 Å². The summed E-state index contributed by atoms with van der Waals surface area (Å²) in [5.41, 5.74) is 1.07. The van der Waals surface area contributed by atoms with Crippen LogP contribution in [0.25, 0.3) is 0 Å². The Morgan fingerprint density at radius 1 is 1.71 bits per heavy atom. The molecule has 5 heteroatoms. The summed E-state index contributed by atoms with van der Waals surface area (Å²) in [6.45, 7) is 4.81. The molecular weight excluding hydrogens is 216 g/mol. The zero-order valence-corrected chi connectivity index (χ0v) is 10.4. The Kier molecular flexibility index (Phi) is 4.71. The molecule has 1 N–H and O–H groups in total. The van der Waals surface area contributed by atoms with Gasteiger partial charge in [0.2, 0.25) is 0 Å². The maximum Gasteiger partial charge on any atom is 0.107 e. The fraction of sp³-hybridized carbons (Fsp3) is 0.667. The van der Waals surface area contributed by atoms with Gasteiger partial charge in [-0.1, -0.05) is 0 Å². The molecule has 2 atom stereocenters. The molecule has 80 valence electrons. The third-order valence-electron chi connectivity index (χ3n) is 1.75. The summed E-state index contributed by atoms with van der Waals surface area (Å²) in [4.78, 5) is 4.34. The third-order valence-corrected chi connectivity index (χ3v) is 3.69. The van der Waals surface area contributed by atoms with Gasteiger partial charge >= 0.3 is 0 Å². The second kappa shape index (κ2) is 5.58. The third kappa shape index (κ3) is 4.30. The van der Waals surface area contributed by atoms with Crippen molar-refractivity contribution >= 4 is 22.1 Å². The van der Waals surface area contributed by atoms with Crippen molar-refractivity contribution in [3.05, 3.63) is 16.1 Å². The van der Waals surface area contributed by atoms with Gasteiger partial charge in [0.05, 0.1) is 0 Å². The summed E-state index contributed by atoms with van der Waals surface area (Å²) in [5, 5.41) is 6.43. The second-order valence-electron chi connectivity index (χ2n) is 3.40. The van der Waals surface area contributed by atoms with Gasteiger partial charge in [-0.15, -0.1) is 11.3 Å². The highest BCUT2D eigenvalue weighted by Crippen LogP contribution is 2.08. The van der Waals surface area contributed by atoms with E-state index in [1.54, 1.807) is 17.6 Å². The molecule has 0 saturated carbocycles. The number of aromatic nitrogens is 1. The van der Waals surface area contributed by atoms with Crippen LogP contribution < -0.4 is 5.32 Å². The van der Waals surface area contributed by atoms with Crippen molar-refractivity contribution in [1.82, 2.24) is 10.3 Å². The lowest BCUT2D eigenvalue weighted by Crippen LogP contribution is -2.30. The minimum absolute atomic E-state index is 0.282. The van der Waals surface area contributed by atoms with Crippen LogP contribution in [0.2, 0.25) is 0 Å². The van der Waals surface area contributed by atoms with E-state index < -0.39 is 10.8 Å². The number of nitrogens with one attached hydrogen (secondary N) is 1. The molecule has 0 aliphatic rings. The predicted molar refractivity (Wildman–Crippen MR) is 62.1 cm³/mol. The van der Waals surface area contributed by atoms with E-state index in [2.05, 4.69) is 10.3 Å². The van der Waals surface area contributed by atoms with Crippen molar-refractivity contribution in [1.29, 1.82) is 0 Å². The molecule has 0 spiro atoms. The molecule has 0 saturated heterocycles. The Labute approximate surface area is 91.4 Å². The monoisotopic (exact) mass is 232 g/mol. The lowest BCUT2D eigenvalue weighted by molar-refractivity contribution is 0.585. The Balaban J connectivity index is 2.30. The van der Waals surface area contributed by atoms with Crippen LogP contribution in [-0.4, -0.2) is 27.2 Å². The van der Waals surface area contributed by atoms with Crippen molar-refractivity contribution in [3.8, 4) is 0 Å². The molecule has 1 heterocycles. The summed E-state index contributed by atoms with van der Waals surface area (Å²) >= 11 is 1.66. The smallest absolute Gasteiger partial charge is 0.107 e. The van der Waals surface area contributed by atoms with Gasteiger partial charge in [0.15, 0.2) is 0 Å². The largest absolute Gasteiger partial charge is 0.307 e. The van der Waals surface area contributed by atoms with Crippen molar-refractivity contribution in [2.75, 3.05) is 12.0 Å². The zero-order valence-electron chi connectivity index (χ0n) is 8.74. The molecule has 3 nitrogen and oxygen atoms in total. The van der Waals surface area contributed by atoms with Gasteiger partial charge in [-0.3, -0.25) is 4.21 Å². The summed E-state index contributed by atoms with van der Waals surface area (Å²) in [7, 11) is -0.728. The van der Waals surface area contributed by atoms with E-state index in [1.165, 1.54) is 0 Å². The molecule has 2 unspecified atom stereocenters. The van der Waals surface area contributed by atoms with E-state index in [0.29, 0.717) is 5.75 Å². The molecule has 0 bridgehead atoms. The molecule has 0 aliphatic heterocycles. The Hall–Kier alpha value is -0.260. The molecule has 0 aromatic carbocycles. The van der Waals surface area contributed by atoms with Gasteiger partial charge in [-0.2, -0.15) is 0 Å². The first kappa shape index (κ1) is 11.8. The van der Waals surface area contributed by atoms with Crippen molar-refractivity contribution < 1.29 is 4.21 Å². The highest BCUT2D eigenvalue weighted by Gasteiger charge is 2.05.